The second-order valence-corrected chi connectivity index (χ2v) is 10.5. The molecular formula is C33H41N5O4. The highest BCUT2D eigenvalue weighted by atomic mass is 16.2. The first-order valence-corrected chi connectivity index (χ1v) is 14.2. The summed E-state index contributed by atoms with van der Waals surface area (Å²) in [6.45, 7) is 1.90. The molecule has 0 aliphatic carbocycles. The number of hydrogen-bond donors (Lipinski definition) is 4. The number of likely N-dealkylation sites (N-methyl/N-ethyl adjacent to an activating group) is 1. The van der Waals surface area contributed by atoms with Gasteiger partial charge in [-0.25, -0.2) is 0 Å². The molecule has 3 rings (SSSR count). The molecule has 0 unspecified atom stereocenters. The maximum absolute atomic E-state index is 13.5. The Labute approximate surface area is 247 Å². The molecule has 42 heavy (non-hydrogen) atoms. The lowest BCUT2D eigenvalue weighted by Crippen LogP contribution is -2.56. The van der Waals surface area contributed by atoms with E-state index in [1.165, 1.54) is 11.8 Å². The zero-order valence-electron chi connectivity index (χ0n) is 24.3. The van der Waals surface area contributed by atoms with E-state index in [4.69, 9.17) is 11.5 Å². The second-order valence-electron chi connectivity index (χ2n) is 10.5. The first-order valence-electron chi connectivity index (χ1n) is 14.2. The number of amides is 4. The molecular weight excluding hydrogens is 530 g/mol. The number of primary amides is 1. The molecule has 0 aliphatic heterocycles. The highest BCUT2D eigenvalue weighted by molar-refractivity contribution is 5.92. The van der Waals surface area contributed by atoms with Gasteiger partial charge in [0.1, 0.15) is 12.1 Å². The van der Waals surface area contributed by atoms with E-state index in [1.54, 1.807) is 7.05 Å². The monoisotopic (exact) mass is 571 g/mol. The van der Waals surface area contributed by atoms with Crippen molar-refractivity contribution in [3.63, 3.8) is 0 Å². The zero-order valence-corrected chi connectivity index (χ0v) is 24.3. The third kappa shape index (κ3) is 9.85. The summed E-state index contributed by atoms with van der Waals surface area (Å²) in [6, 6.07) is 24.5. The van der Waals surface area contributed by atoms with Crippen LogP contribution in [-0.2, 0) is 32.0 Å². The normalized spacial score (nSPS) is 12.9. The summed E-state index contributed by atoms with van der Waals surface area (Å²) < 4.78 is 0. The van der Waals surface area contributed by atoms with Crippen LogP contribution < -0.4 is 22.1 Å². The van der Waals surface area contributed by atoms with Crippen molar-refractivity contribution in [1.29, 1.82) is 0 Å². The van der Waals surface area contributed by atoms with Crippen LogP contribution in [0, 0.1) is 0 Å². The predicted octanol–water partition coefficient (Wildman–Crippen LogP) is 2.57. The van der Waals surface area contributed by atoms with Crippen LogP contribution >= 0.6 is 0 Å². The van der Waals surface area contributed by atoms with Crippen molar-refractivity contribution in [1.82, 2.24) is 15.5 Å². The van der Waals surface area contributed by atoms with Crippen molar-refractivity contribution >= 4 is 23.6 Å². The molecule has 0 radical (unpaired) electrons. The molecule has 9 nitrogen and oxygen atoms in total. The Morgan fingerprint density at radius 2 is 1.36 bits per heavy atom. The maximum Gasteiger partial charge on any atom is 0.243 e. The molecule has 0 aromatic heterocycles. The minimum atomic E-state index is -0.910. The number of unbranched alkanes of at least 4 members (excludes halogenated alkanes) is 1. The SMILES string of the molecule is CC(=O)NCCCC[C@H](NC(=O)[C@@H](Cc1ccccc1)N(C)C(=O)[C@H](N)Cc1ccc(-c2ccccc2)cc1)C(N)=O. The standard InChI is InChI=1S/C33H41N5O4/c1-23(39)36-20-10-9-15-29(31(35)40)37-32(41)30(22-24-11-5-3-6-12-24)38(2)33(42)28(34)21-25-16-18-27(19-17-25)26-13-7-4-8-14-26/h3-8,11-14,16-19,28-30H,9-10,15,20-22,34H2,1-2H3,(H2,35,40)(H,36,39)(H,37,41)/t28-,29+,30-/m1/s1. The second kappa shape index (κ2) is 16.1. The molecule has 6 N–H and O–H groups in total. The van der Waals surface area contributed by atoms with Gasteiger partial charge < -0.3 is 27.0 Å². The van der Waals surface area contributed by atoms with Gasteiger partial charge in [-0.05, 0) is 47.9 Å². The van der Waals surface area contributed by atoms with Gasteiger partial charge >= 0.3 is 0 Å². The molecule has 0 aliphatic rings. The molecule has 4 amide bonds. The quantitative estimate of drug-likeness (QED) is 0.207. The Balaban J connectivity index is 1.69. The van der Waals surface area contributed by atoms with Crippen molar-refractivity contribution in [3.8, 4) is 11.1 Å². The van der Waals surface area contributed by atoms with Crippen LogP contribution in [0.4, 0.5) is 0 Å². The fourth-order valence-electron chi connectivity index (χ4n) is 4.75. The van der Waals surface area contributed by atoms with E-state index >= 15 is 0 Å². The Kier molecular flexibility index (Phi) is 12.3. The first kappa shape index (κ1) is 32.0. The minimum Gasteiger partial charge on any atom is -0.368 e. The minimum absolute atomic E-state index is 0.131. The molecule has 0 heterocycles. The fraction of sp³-hybridized carbons (Fsp3) is 0.333. The van der Waals surface area contributed by atoms with E-state index < -0.39 is 29.9 Å². The van der Waals surface area contributed by atoms with Gasteiger partial charge in [0, 0.05) is 26.9 Å². The van der Waals surface area contributed by atoms with E-state index in [0.29, 0.717) is 32.2 Å². The van der Waals surface area contributed by atoms with Gasteiger partial charge in [-0.15, -0.1) is 0 Å². The van der Waals surface area contributed by atoms with Crippen molar-refractivity contribution in [2.75, 3.05) is 13.6 Å². The number of nitrogens with zero attached hydrogens (tertiary/aromatic N) is 1. The van der Waals surface area contributed by atoms with Crippen molar-refractivity contribution in [2.45, 2.75) is 57.2 Å². The maximum atomic E-state index is 13.5. The first-order chi connectivity index (χ1) is 20.2. The lowest BCUT2D eigenvalue weighted by atomic mass is 9.99. The zero-order chi connectivity index (χ0) is 30.5. The molecule has 0 saturated carbocycles. The summed E-state index contributed by atoms with van der Waals surface area (Å²) in [7, 11) is 1.56. The molecule has 3 atom stereocenters. The Hall–Kier alpha value is -4.50. The number of rotatable bonds is 15. The molecule has 222 valence electrons. The van der Waals surface area contributed by atoms with Gasteiger partial charge in [-0.2, -0.15) is 0 Å². The third-order valence-corrected chi connectivity index (χ3v) is 7.18. The third-order valence-electron chi connectivity index (χ3n) is 7.18. The van der Waals surface area contributed by atoms with E-state index in [0.717, 1.165) is 22.3 Å². The van der Waals surface area contributed by atoms with Crippen molar-refractivity contribution in [2.24, 2.45) is 11.5 Å². The fourth-order valence-corrected chi connectivity index (χ4v) is 4.75. The Morgan fingerprint density at radius 3 is 1.95 bits per heavy atom. The number of hydrogen-bond acceptors (Lipinski definition) is 5. The van der Waals surface area contributed by atoms with Crippen LogP contribution in [0.5, 0.6) is 0 Å². The lowest BCUT2D eigenvalue weighted by molar-refractivity contribution is -0.140. The molecule has 0 bridgehead atoms. The van der Waals surface area contributed by atoms with E-state index in [1.807, 2.05) is 84.9 Å². The Morgan fingerprint density at radius 1 is 0.786 bits per heavy atom. The molecule has 9 heteroatoms. The number of carbonyl (C=O) groups is 4. The van der Waals surface area contributed by atoms with E-state index in [9.17, 15) is 19.2 Å². The van der Waals surface area contributed by atoms with Crippen molar-refractivity contribution < 1.29 is 19.2 Å². The van der Waals surface area contributed by atoms with Gasteiger partial charge in [-0.1, -0.05) is 84.9 Å². The lowest BCUT2D eigenvalue weighted by Gasteiger charge is -2.31. The highest BCUT2D eigenvalue weighted by Gasteiger charge is 2.32. The number of carbonyl (C=O) groups excluding carboxylic acids is 4. The molecule has 3 aromatic rings. The number of nitrogens with two attached hydrogens (primary N) is 2. The smallest absolute Gasteiger partial charge is 0.243 e. The molecule has 3 aromatic carbocycles. The van der Waals surface area contributed by atoms with Crippen molar-refractivity contribution in [3.05, 3.63) is 96.1 Å². The van der Waals surface area contributed by atoms with Crippen LogP contribution in [0.3, 0.4) is 0 Å². The topological polar surface area (TPSA) is 148 Å². The number of benzene rings is 3. The van der Waals surface area contributed by atoms with Gasteiger partial charge in [0.2, 0.25) is 23.6 Å². The van der Waals surface area contributed by atoms with Gasteiger partial charge in [0.25, 0.3) is 0 Å². The summed E-state index contributed by atoms with van der Waals surface area (Å²) in [4.78, 5) is 51.6. The summed E-state index contributed by atoms with van der Waals surface area (Å²) >= 11 is 0. The Bertz CT molecular complexity index is 1320. The highest BCUT2D eigenvalue weighted by Crippen LogP contribution is 2.20. The average molecular weight is 572 g/mol. The largest absolute Gasteiger partial charge is 0.368 e. The van der Waals surface area contributed by atoms with Crippen LogP contribution in [0.2, 0.25) is 0 Å². The number of nitrogens with one attached hydrogen (secondary N) is 2. The predicted molar refractivity (Wildman–Crippen MR) is 164 cm³/mol. The van der Waals surface area contributed by atoms with E-state index in [2.05, 4.69) is 10.6 Å². The van der Waals surface area contributed by atoms with Gasteiger partial charge in [0.15, 0.2) is 0 Å². The molecule has 0 saturated heterocycles. The van der Waals surface area contributed by atoms with Crippen LogP contribution in [0.15, 0.2) is 84.9 Å². The van der Waals surface area contributed by atoms with E-state index in [-0.39, 0.29) is 18.2 Å². The molecule has 0 spiro atoms. The van der Waals surface area contributed by atoms with Crippen LogP contribution in [0.1, 0.15) is 37.3 Å². The molecule has 0 fully saturated rings. The summed E-state index contributed by atoms with van der Waals surface area (Å²) in [5.74, 6) is -1.66. The summed E-state index contributed by atoms with van der Waals surface area (Å²) in [6.07, 6.45) is 2.05. The van der Waals surface area contributed by atoms with Gasteiger partial charge in [0.05, 0.1) is 6.04 Å². The van der Waals surface area contributed by atoms with Gasteiger partial charge in [-0.3, -0.25) is 19.2 Å². The van der Waals surface area contributed by atoms with Crippen LogP contribution in [-0.4, -0.2) is 60.2 Å². The summed E-state index contributed by atoms with van der Waals surface area (Å²) in [5, 5.41) is 5.45. The average Bonchev–Trinajstić information content (AvgIpc) is 2.99. The summed E-state index contributed by atoms with van der Waals surface area (Å²) in [5.41, 5.74) is 15.9. The van der Waals surface area contributed by atoms with Crippen LogP contribution in [0.25, 0.3) is 11.1 Å².